The van der Waals surface area contributed by atoms with Gasteiger partial charge in [0, 0.05) is 6.08 Å². The number of thiazole rings is 1. The van der Waals surface area contributed by atoms with Crippen LogP contribution in [0.2, 0.25) is 0 Å². The molecule has 4 rings (SSSR count). The van der Waals surface area contributed by atoms with Gasteiger partial charge in [0.2, 0.25) is 0 Å². The van der Waals surface area contributed by atoms with Crippen molar-refractivity contribution in [2.24, 2.45) is 4.99 Å². The van der Waals surface area contributed by atoms with Gasteiger partial charge in [-0.05, 0) is 31.5 Å². The molecule has 1 aliphatic heterocycles. The van der Waals surface area contributed by atoms with Gasteiger partial charge in [0.25, 0.3) is 5.56 Å². The third-order valence-electron chi connectivity index (χ3n) is 4.72. The molecule has 1 aromatic carbocycles. The van der Waals surface area contributed by atoms with Crippen LogP contribution in [-0.2, 0) is 9.53 Å². The molecule has 0 unspecified atom stereocenters. The standard InChI is InChI=1S/C23H20N2O4S/c1-4-12-28-22(27)19-15(3)24-23-25(20(19)16-8-6-5-7-9-16)21(26)18(30-23)13-17-11-10-14(2)29-17/h4-11,13,20H,1,12H2,2-3H3/b18-13+/t20-/m0/s1. The summed E-state index contributed by atoms with van der Waals surface area (Å²) in [5.41, 5.74) is 1.44. The van der Waals surface area contributed by atoms with Gasteiger partial charge in [-0.3, -0.25) is 9.36 Å². The lowest BCUT2D eigenvalue weighted by molar-refractivity contribution is -0.138. The number of esters is 1. The van der Waals surface area contributed by atoms with Crippen molar-refractivity contribution in [2.45, 2.75) is 19.9 Å². The Morgan fingerprint density at radius 1 is 1.27 bits per heavy atom. The molecule has 0 saturated heterocycles. The van der Waals surface area contributed by atoms with Gasteiger partial charge >= 0.3 is 5.97 Å². The minimum atomic E-state index is -0.625. The van der Waals surface area contributed by atoms with Gasteiger partial charge in [0.05, 0.1) is 21.8 Å². The zero-order valence-corrected chi connectivity index (χ0v) is 17.4. The first-order chi connectivity index (χ1) is 14.5. The minimum absolute atomic E-state index is 0.0827. The normalized spacial score (nSPS) is 16.2. The number of aryl methyl sites for hydroxylation is 1. The SMILES string of the molecule is C=CCOC(=O)C1=C(C)N=c2s/c(=C/c3ccc(C)o3)c(=O)n2[C@H]1c1ccccc1. The van der Waals surface area contributed by atoms with Crippen LogP contribution in [0.4, 0.5) is 0 Å². The number of allylic oxidation sites excluding steroid dienone is 1. The number of rotatable bonds is 5. The predicted molar refractivity (Wildman–Crippen MR) is 115 cm³/mol. The van der Waals surface area contributed by atoms with Gasteiger partial charge in [0.15, 0.2) is 4.80 Å². The van der Waals surface area contributed by atoms with Crippen molar-refractivity contribution < 1.29 is 13.9 Å². The van der Waals surface area contributed by atoms with Crippen LogP contribution in [0.15, 0.2) is 80.6 Å². The van der Waals surface area contributed by atoms with E-state index in [1.54, 1.807) is 17.6 Å². The highest BCUT2D eigenvalue weighted by molar-refractivity contribution is 7.07. The maximum Gasteiger partial charge on any atom is 0.338 e. The summed E-state index contributed by atoms with van der Waals surface area (Å²) >= 11 is 1.27. The maximum atomic E-state index is 13.3. The molecule has 0 aliphatic carbocycles. The van der Waals surface area contributed by atoms with Crippen LogP contribution in [0.25, 0.3) is 6.08 Å². The summed E-state index contributed by atoms with van der Waals surface area (Å²) in [6.07, 6.45) is 3.21. The molecule has 0 spiro atoms. The Kier molecular flexibility index (Phi) is 5.37. The van der Waals surface area contributed by atoms with E-state index in [9.17, 15) is 9.59 Å². The van der Waals surface area contributed by atoms with Gasteiger partial charge in [-0.1, -0.05) is 54.3 Å². The molecule has 7 heteroatoms. The first-order valence-electron chi connectivity index (χ1n) is 9.41. The molecule has 0 N–H and O–H groups in total. The number of benzene rings is 1. The first kappa shape index (κ1) is 19.8. The van der Waals surface area contributed by atoms with E-state index in [1.165, 1.54) is 17.4 Å². The lowest BCUT2D eigenvalue weighted by Gasteiger charge is -2.24. The fraction of sp³-hybridized carbons (Fsp3) is 0.174. The Bertz CT molecular complexity index is 1330. The van der Waals surface area contributed by atoms with Crippen molar-refractivity contribution in [1.29, 1.82) is 0 Å². The summed E-state index contributed by atoms with van der Waals surface area (Å²) in [6.45, 7) is 7.27. The van der Waals surface area contributed by atoms with E-state index in [0.717, 1.165) is 11.3 Å². The average Bonchev–Trinajstić information content (AvgIpc) is 3.28. The van der Waals surface area contributed by atoms with Gasteiger partial charge in [-0.25, -0.2) is 9.79 Å². The summed E-state index contributed by atoms with van der Waals surface area (Å²) in [5, 5.41) is 0. The van der Waals surface area contributed by atoms with E-state index in [4.69, 9.17) is 9.15 Å². The molecular formula is C23H20N2O4S. The predicted octanol–water partition coefficient (Wildman–Crippen LogP) is 2.87. The molecular weight excluding hydrogens is 400 g/mol. The van der Waals surface area contributed by atoms with Crippen LogP contribution >= 0.6 is 11.3 Å². The Hall–Kier alpha value is -3.45. The highest BCUT2D eigenvalue weighted by atomic mass is 32.1. The molecule has 30 heavy (non-hydrogen) atoms. The van der Waals surface area contributed by atoms with E-state index in [-0.39, 0.29) is 12.2 Å². The van der Waals surface area contributed by atoms with Crippen molar-refractivity contribution in [1.82, 2.24) is 4.57 Å². The number of fused-ring (bicyclic) bond motifs is 1. The second-order valence-corrected chi connectivity index (χ2v) is 7.84. The first-order valence-corrected chi connectivity index (χ1v) is 10.2. The fourth-order valence-corrected chi connectivity index (χ4v) is 4.43. The molecule has 3 aromatic rings. The zero-order valence-electron chi connectivity index (χ0n) is 16.6. The molecule has 152 valence electrons. The summed E-state index contributed by atoms with van der Waals surface area (Å²) in [7, 11) is 0. The molecule has 0 saturated carbocycles. The van der Waals surface area contributed by atoms with E-state index in [2.05, 4.69) is 11.6 Å². The highest BCUT2D eigenvalue weighted by Gasteiger charge is 2.33. The molecule has 2 aromatic heterocycles. The van der Waals surface area contributed by atoms with Crippen LogP contribution in [0.3, 0.4) is 0 Å². The van der Waals surface area contributed by atoms with Crippen LogP contribution in [0.5, 0.6) is 0 Å². The Balaban J connectivity index is 1.93. The zero-order chi connectivity index (χ0) is 21.3. The summed E-state index contributed by atoms with van der Waals surface area (Å²) in [6, 6.07) is 12.4. The second kappa shape index (κ2) is 8.12. The van der Waals surface area contributed by atoms with Crippen molar-refractivity contribution in [3.8, 4) is 0 Å². The molecule has 0 amide bonds. The van der Waals surface area contributed by atoms with Crippen LogP contribution in [0, 0.1) is 6.92 Å². The van der Waals surface area contributed by atoms with Crippen molar-refractivity contribution in [3.05, 3.63) is 103 Å². The van der Waals surface area contributed by atoms with Gasteiger partial charge in [-0.15, -0.1) is 0 Å². The van der Waals surface area contributed by atoms with Gasteiger partial charge in [-0.2, -0.15) is 0 Å². The second-order valence-electron chi connectivity index (χ2n) is 6.83. The summed E-state index contributed by atoms with van der Waals surface area (Å²) < 4.78 is 12.9. The van der Waals surface area contributed by atoms with Crippen molar-refractivity contribution in [3.63, 3.8) is 0 Å². The van der Waals surface area contributed by atoms with Gasteiger partial charge < -0.3 is 9.15 Å². The molecule has 0 fully saturated rings. The van der Waals surface area contributed by atoms with E-state index in [1.807, 2.05) is 49.4 Å². The quantitative estimate of drug-likeness (QED) is 0.470. The Morgan fingerprint density at radius 2 is 2.03 bits per heavy atom. The van der Waals surface area contributed by atoms with E-state index < -0.39 is 12.0 Å². The number of furan rings is 1. The molecule has 6 nitrogen and oxygen atoms in total. The third-order valence-corrected chi connectivity index (χ3v) is 5.71. The number of ether oxygens (including phenoxy) is 1. The average molecular weight is 420 g/mol. The van der Waals surface area contributed by atoms with Gasteiger partial charge in [0.1, 0.15) is 18.1 Å². The highest BCUT2D eigenvalue weighted by Crippen LogP contribution is 2.30. The molecule has 1 aliphatic rings. The monoisotopic (exact) mass is 420 g/mol. The molecule has 0 bridgehead atoms. The number of carbonyl (C=O) groups is 1. The molecule has 1 atom stereocenters. The van der Waals surface area contributed by atoms with Crippen LogP contribution in [0.1, 0.15) is 30.0 Å². The van der Waals surface area contributed by atoms with Crippen LogP contribution < -0.4 is 14.9 Å². The number of hydrogen-bond donors (Lipinski definition) is 0. The van der Waals surface area contributed by atoms with E-state index >= 15 is 0 Å². The van der Waals surface area contributed by atoms with Crippen LogP contribution in [-0.4, -0.2) is 17.1 Å². The molecule has 3 heterocycles. The number of nitrogens with zero attached hydrogens (tertiary/aromatic N) is 2. The number of aromatic nitrogens is 1. The Morgan fingerprint density at radius 3 is 2.70 bits per heavy atom. The maximum absolute atomic E-state index is 13.3. The topological polar surface area (TPSA) is 73.8 Å². The van der Waals surface area contributed by atoms with E-state index in [0.29, 0.717) is 26.4 Å². The van der Waals surface area contributed by atoms with Crippen molar-refractivity contribution >= 4 is 23.4 Å². The number of hydrogen-bond acceptors (Lipinski definition) is 6. The number of carbonyl (C=O) groups excluding carboxylic acids is 1. The summed E-state index contributed by atoms with van der Waals surface area (Å²) in [5.74, 6) is 0.843. The molecule has 0 radical (unpaired) electrons. The summed E-state index contributed by atoms with van der Waals surface area (Å²) in [4.78, 5) is 31.3. The lowest BCUT2D eigenvalue weighted by atomic mass is 9.96. The lowest BCUT2D eigenvalue weighted by Crippen LogP contribution is -2.39. The van der Waals surface area contributed by atoms with Crippen molar-refractivity contribution in [2.75, 3.05) is 6.61 Å². The minimum Gasteiger partial charge on any atom is -0.462 e. The smallest absolute Gasteiger partial charge is 0.338 e. The Labute approximate surface area is 176 Å². The largest absolute Gasteiger partial charge is 0.462 e. The third kappa shape index (κ3) is 3.59. The fourth-order valence-electron chi connectivity index (χ4n) is 3.41.